The smallest absolute Gasteiger partial charge is 0.402 e. The number of aliphatic carboxylic acids is 1. The lowest BCUT2D eigenvalue weighted by Gasteiger charge is -2.39. The second kappa shape index (κ2) is 11.4. The van der Waals surface area contributed by atoms with Crippen LogP contribution in [0.5, 0.6) is 28.7 Å². The van der Waals surface area contributed by atoms with E-state index in [4.69, 9.17) is 23.7 Å². The van der Waals surface area contributed by atoms with Gasteiger partial charge in [-0.25, -0.2) is 9.21 Å². The van der Waals surface area contributed by atoms with Crippen LogP contribution in [0.3, 0.4) is 0 Å². The highest BCUT2D eigenvalue weighted by Crippen LogP contribution is 2.42. The third-order valence-electron chi connectivity index (χ3n) is 6.02. The van der Waals surface area contributed by atoms with Crippen molar-refractivity contribution in [2.24, 2.45) is 0 Å². The summed E-state index contributed by atoms with van der Waals surface area (Å²) < 4.78 is 21.9. The number of phenols is 4. The minimum absolute atomic E-state index is 0.0266. The highest BCUT2D eigenvalue weighted by Gasteiger charge is 2.46. The summed E-state index contributed by atoms with van der Waals surface area (Å²) in [4.78, 5) is 22.6. The first-order valence-corrected chi connectivity index (χ1v) is 11.6. The van der Waals surface area contributed by atoms with Crippen LogP contribution in [0.4, 0.5) is 0 Å². The highest BCUT2D eigenvalue weighted by molar-refractivity contribution is 5.88. The Balaban J connectivity index is 1.65. The molecule has 0 radical (unpaired) electrons. The van der Waals surface area contributed by atoms with Crippen LogP contribution in [0.1, 0.15) is 6.42 Å². The van der Waals surface area contributed by atoms with E-state index in [0.29, 0.717) is 0 Å². The maximum absolute atomic E-state index is 11.8. The molecule has 3 aromatic rings. The van der Waals surface area contributed by atoms with E-state index in [1.54, 1.807) is 0 Å². The number of carbonyl (C=O) groups excluding carboxylic acids is 1. The van der Waals surface area contributed by atoms with Crippen LogP contribution < -0.4 is 4.74 Å². The van der Waals surface area contributed by atoms with E-state index in [1.165, 1.54) is 18.2 Å². The molecule has 1 aromatic heterocycles. The molecule has 2 heterocycles. The summed E-state index contributed by atoms with van der Waals surface area (Å²) in [6.07, 6.45) is -11.7. The molecule has 4 rings (SSSR count). The number of ether oxygens (including phenoxy) is 3. The van der Waals surface area contributed by atoms with Crippen molar-refractivity contribution in [3.8, 4) is 40.1 Å². The number of esters is 1. The molecule has 1 fully saturated rings. The van der Waals surface area contributed by atoms with Gasteiger partial charge in [0.05, 0.1) is 18.1 Å². The van der Waals surface area contributed by atoms with Gasteiger partial charge in [-0.15, -0.1) is 0 Å². The van der Waals surface area contributed by atoms with Gasteiger partial charge in [-0.05, 0) is 12.1 Å². The minimum Gasteiger partial charge on any atom is -0.507 e. The minimum atomic E-state index is -2.03. The maximum atomic E-state index is 11.8. The summed E-state index contributed by atoms with van der Waals surface area (Å²) in [5.74, 6) is -4.90. The molecule has 9 N–H and O–H groups in total. The summed E-state index contributed by atoms with van der Waals surface area (Å²) in [6.45, 7) is -0.725. The average molecular weight is 565 g/mol. The van der Waals surface area contributed by atoms with Crippen molar-refractivity contribution < 1.29 is 74.2 Å². The number of hydrogen-bond donors (Lipinski definition) is 9. The van der Waals surface area contributed by atoms with Crippen molar-refractivity contribution in [2.75, 3.05) is 6.61 Å². The van der Waals surface area contributed by atoms with Gasteiger partial charge in [0.25, 0.3) is 0 Å². The van der Waals surface area contributed by atoms with Gasteiger partial charge in [-0.3, -0.25) is 4.79 Å². The zero-order chi connectivity index (χ0) is 29.3. The Bertz CT molecular complexity index is 1420. The first kappa shape index (κ1) is 28.6. The number of fused-ring (bicyclic) bond motifs is 1. The molecule has 1 saturated heterocycles. The lowest BCUT2D eigenvalue weighted by Crippen LogP contribution is -2.60. The number of benzene rings is 2. The average Bonchev–Trinajstić information content (AvgIpc) is 2.89. The molecule has 15 heteroatoms. The Morgan fingerprint density at radius 2 is 1.65 bits per heavy atom. The molecule has 6 atom stereocenters. The van der Waals surface area contributed by atoms with Gasteiger partial charge in [0, 0.05) is 18.2 Å². The fraction of sp³-hybridized carbons (Fsp3) is 0.320. The van der Waals surface area contributed by atoms with Crippen molar-refractivity contribution in [3.63, 3.8) is 0 Å². The van der Waals surface area contributed by atoms with E-state index >= 15 is 0 Å². The van der Waals surface area contributed by atoms with E-state index in [0.717, 1.165) is 18.2 Å². The number of carboxylic acids is 1. The number of phenolic OH excluding ortho intramolecular Hbond substituents is 4. The number of carboxylic acid groups (broad SMARTS) is 1. The van der Waals surface area contributed by atoms with Gasteiger partial charge < -0.3 is 60.2 Å². The van der Waals surface area contributed by atoms with Crippen molar-refractivity contribution in [1.82, 2.24) is 0 Å². The summed E-state index contributed by atoms with van der Waals surface area (Å²) in [5.41, 5.74) is 0.102. The van der Waals surface area contributed by atoms with Gasteiger partial charge in [0.15, 0.2) is 17.6 Å². The zero-order valence-electron chi connectivity index (χ0n) is 20.3. The highest BCUT2D eigenvalue weighted by atomic mass is 16.7. The Labute approximate surface area is 223 Å². The molecule has 1 unspecified atom stereocenters. The fourth-order valence-electron chi connectivity index (χ4n) is 3.89. The fourth-order valence-corrected chi connectivity index (χ4v) is 3.89. The summed E-state index contributed by atoms with van der Waals surface area (Å²) in [5, 5.41) is 89.1. The monoisotopic (exact) mass is 565 g/mol. The summed E-state index contributed by atoms with van der Waals surface area (Å²) in [6, 6.07) is 7.03. The third kappa shape index (κ3) is 5.93. The molecular formula is C25H25O15+. The van der Waals surface area contributed by atoms with Crippen molar-refractivity contribution in [2.45, 2.75) is 43.2 Å². The Hall–Kier alpha value is -4.41. The van der Waals surface area contributed by atoms with Gasteiger partial charge in [0.2, 0.25) is 12.0 Å². The summed E-state index contributed by atoms with van der Waals surface area (Å²) in [7, 11) is 0. The predicted molar refractivity (Wildman–Crippen MR) is 129 cm³/mol. The first-order valence-electron chi connectivity index (χ1n) is 11.6. The van der Waals surface area contributed by atoms with Crippen LogP contribution in [-0.4, -0.2) is 101 Å². The largest absolute Gasteiger partial charge is 0.507 e. The van der Waals surface area contributed by atoms with Crippen LogP contribution >= 0.6 is 0 Å². The Morgan fingerprint density at radius 1 is 0.925 bits per heavy atom. The van der Waals surface area contributed by atoms with Gasteiger partial charge in [-0.1, -0.05) is 0 Å². The molecule has 15 nitrogen and oxygen atoms in total. The molecule has 1 aliphatic heterocycles. The molecule has 214 valence electrons. The lowest BCUT2D eigenvalue weighted by atomic mass is 9.99. The molecule has 0 amide bonds. The second-order valence-corrected chi connectivity index (χ2v) is 8.89. The number of carbonyl (C=O) groups is 2. The Kier molecular flexibility index (Phi) is 8.13. The number of hydrogen-bond acceptors (Lipinski definition) is 13. The van der Waals surface area contributed by atoms with Crippen LogP contribution in [0, 0.1) is 0 Å². The standard InChI is InChI=1S/C25H24O15/c26-10-4-13(28)11-6-17(23(38-16(11)5-10)9-1-2-12(27)14(29)3-9)39-25-22(34)21(33)20(32)18(40-25)8-37-19(31)7-15(30)24(35)36/h1-6,15,18,20-22,25,30,32-34H,7-8H2,(H4-,26,27,28,29,35,36)/p+1/t15?,18-,20-,21+,22-,25-/m1/s1. The molecule has 1 aliphatic rings. The van der Waals surface area contributed by atoms with E-state index in [-0.39, 0.29) is 33.8 Å². The zero-order valence-corrected chi connectivity index (χ0v) is 20.3. The van der Waals surface area contributed by atoms with Crippen LogP contribution in [-0.2, 0) is 19.1 Å². The lowest BCUT2D eigenvalue weighted by molar-refractivity contribution is -0.278. The SMILES string of the molecule is O=C(CC(O)C(=O)O)OC[C@H]1O[C@@H](Oc2cc3c(O)cc(O)cc3[o+]c2-c2ccc(O)c(O)c2)[C@H](O)[C@@H](O)[C@@H]1O. The topological polar surface area (TPSA) is 255 Å². The van der Waals surface area contributed by atoms with E-state index < -0.39 is 79.0 Å². The van der Waals surface area contributed by atoms with Gasteiger partial charge >= 0.3 is 23.3 Å². The maximum Gasteiger partial charge on any atom is 0.402 e. The number of aromatic hydroxyl groups is 4. The number of aliphatic hydroxyl groups excluding tert-OH is 4. The van der Waals surface area contributed by atoms with Crippen LogP contribution in [0.25, 0.3) is 22.3 Å². The van der Waals surface area contributed by atoms with Gasteiger partial charge in [-0.2, -0.15) is 0 Å². The van der Waals surface area contributed by atoms with Crippen LogP contribution in [0.15, 0.2) is 40.8 Å². The molecule has 0 bridgehead atoms. The molecule has 40 heavy (non-hydrogen) atoms. The molecular weight excluding hydrogens is 540 g/mol. The van der Waals surface area contributed by atoms with E-state index in [9.17, 15) is 50.4 Å². The van der Waals surface area contributed by atoms with Crippen LogP contribution in [0.2, 0.25) is 0 Å². The van der Waals surface area contributed by atoms with Crippen molar-refractivity contribution >= 4 is 22.9 Å². The molecule has 2 aromatic carbocycles. The molecule has 0 spiro atoms. The number of rotatable bonds is 8. The van der Waals surface area contributed by atoms with Gasteiger partial charge in [0.1, 0.15) is 47.9 Å². The van der Waals surface area contributed by atoms with E-state index in [1.807, 2.05) is 0 Å². The summed E-state index contributed by atoms with van der Waals surface area (Å²) >= 11 is 0. The molecule has 0 saturated carbocycles. The molecule has 0 aliphatic carbocycles. The predicted octanol–water partition coefficient (Wildman–Crippen LogP) is -0.231. The first-order chi connectivity index (χ1) is 18.8. The van der Waals surface area contributed by atoms with E-state index in [2.05, 4.69) is 0 Å². The Morgan fingerprint density at radius 3 is 2.33 bits per heavy atom. The van der Waals surface area contributed by atoms with Crippen molar-refractivity contribution in [3.05, 3.63) is 36.4 Å². The normalized spacial score (nSPS) is 23.4. The quantitative estimate of drug-likeness (QED) is 0.0971. The second-order valence-electron chi connectivity index (χ2n) is 8.89. The number of aliphatic hydroxyl groups is 4. The third-order valence-corrected chi connectivity index (χ3v) is 6.02. The van der Waals surface area contributed by atoms with Crippen molar-refractivity contribution in [1.29, 1.82) is 0 Å².